The van der Waals surface area contributed by atoms with Crippen LogP contribution in [0.5, 0.6) is 5.75 Å². The number of carbonyl (C=O) groups excluding carboxylic acids is 2. The minimum Gasteiger partial charge on any atom is -0.503 e. The summed E-state index contributed by atoms with van der Waals surface area (Å²) in [5, 5.41) is 10.7. The van der Waals surface area contributed by atoms with Gasteiger partial charge in [0.05, 0.1) is 11.6 Å². The molecule has 1 N–H and O–H groups in total. The number of hydrogen-bond donors (Lipinski definition) is 1. The van der Waals surface area contributed by atoms with Crippen LogP contribution < -0.4 is 4.74 Å². The Bertz CT molecular complexity index is 989. The topological polar surface area (TPSA) is 70.1 Å². The van der Waals surface area contributed by atoms with E-state index in [1.165, 1.54) is 0 Å². The lowest BCUT2D eigenvalue weighted by atomic mass is 9.82. The molecule has 6 nitrogen and oxygen atoms in total. The first-order valence-corrected chi connectivity index (χ1v) is 10.8. The Hall–Kier alpha value is -3.12. The molecule has 1 heterocycles. The van der Waals surface area contributed by atoms with Gasteiger partial charge in [-0.2, -0.15) is 0 Å². The number of Topliss-reactive ketones (excluding diaryl/α,β-unsaturated/α-hetero) is 1. The third kappa shape index (κ3) is 5.19. The van der Waals surface area contributed by atoms with E-state index in [0.717, 1.165) is 11.1 Å². The van der Waals surface area contributed by atoms with Crippen LogP contribution in [0.4, 0.5) is 0 Å². The highest BCUT2D eigenvalue weighted by atomic mass is 16.5. The van der Waals surface area contributed by atoms with Gasteiger partial charge >= 0.3 is 0 Å². The van der Waals surface area contributed by atoms with E-state index in [0.29, 0.717) is 25.4 Å². The third-order valence-electron chi connectivity index (χ3n) is 5.46. The predicted molar refractivity (Wildman–Crippen MR) is 124 cm³/mol. The molecule has 32 heavy (non-hydrogen) atoms. The van der Waals surface area contributed by atoms with Crippen molar-refractivity contribution < 1.29 is 19.4 Å². The van der Waals surface area contributed by atoms with Gasteiger partial charge in [0.1, 0.15) is 12.4 Å². The maximum absolute atomic E-state index is 13.2. The molecule has 1 amide bonds. The number of nitrogens with zero attached hydrogens (tertiary/aromatic N) is 2. The first-order chi connectivity index (χ1) is 15.1. The summed E-state index contributed by atoms with van der Waals surface area (Å²) in [5.41, 5.74) is 1.27. The minimum absolute atomic E-state index is 0.166. The lowest BCUT2D eigenvalue weighted by Gasteiger charge is -2.29. The number of amides is 1. The zero-order chi connectivity index (χ0) is 23.5. The van der Waals surface area contributed by atoms with E-state index in [1.807, 2.05) is 73.6 Å². The Morgan fingerprint density at radius 1 is 1.06 bits per heavy atom. The molecule has 0 saturated heterocycles. The van der Waals surface area contributed by atoms with Crippen molar-refractivity contribution in [1.29, 1.82) is 0 Å². The fourth-order valence-corrected chi connectivity index (χ4v) is 3.66. The zero-order valence-corrected chi connectivity index (χ0v) is 19.5. The summed E-state index contributed by atoms with van der Waals surface area (Å²) in [5.74, 6) is -0.490. The van der Waals surface area contributed by atoms with Gasteiger partial charge in [0.2, 0.25) is 0 Å². The molecular weight excluding hydrogens is 404 g/mol. The van der Waals surface area contributed by atoms with Gasteiger partial charge in [-0.3, -0.25) is 9.59 Å². The van der Waals surface area contributed by atoms with Gasteiger partial charge in [0, 0.05) is 18.5 Å². The van der Waals surface area contributed by atoms with Gasteiger partial charge < -0.3 is 19.6 Å². The van der Waals surface area contributed by atoms with Crippen LogP contribution in [-0.4, -0.2) is 53.8 Å². The van der Waals surface area contributed by atoms with E-state index in [2.05, 4.69) is 0 Å². The molecule has 0 aliphatic carbocycles. The van der Waals surface area contributed by atoms with Crippen LogP contribution in [0, 0.1) is 5.41 Å². The average molecular weight is 437 g/mol. The molecule has 1 atom stereocenters. The van der Waals surface area contributed by atoms with E-state index in [-0.39, 0.29) is 11.4 Å². The average Bonchev–Trinajstić information content (AvgIpc) is 3.00. The van der Waals surface area contributed by atoms with E-state index in [4.69, 9.17) is 4.74 Å². The van der Waals surface area contributed by atoms with Gasteiger partial charge in [-0.15, -0.1) is 0 Å². The molecule has 0 bridgehead atoms. The quantitative estimate of drug-likeness (QED) is 0.674. The highest BCUT2D eigenvalue weighted by Gasteiger charge is 2.45. The van der Waals surface area contributed by atoms with Crippen molar-refractivity contribution in [2.45, 2.75) is 33.4 Å². The smallest absolute Gasteiger partial charge is 0.290 e. The summed E-state index contributed by atoms with van der Waals surface area (Å²) in [6, 6.07) is 16.6. The van der Waals surface area contributed by atoms with Crippen LogP contribution in [0.3, 0.4) is 0 Å². The number of hydrogen-bond acceptors (Lipinski definition) is 5. The molecule has 3 rings (SSSR count). The second kappa shape index (κ2) is 9.57. The van der Waals surface area contributed by atoms with E-state index >= 15 is 0 Å². The molecule has 2 aromatic rings. The maximum atomic E-state index is 13.2. The highest BCUT2D eigenvalue weighted by Crippen LogP contribution is 2.41. The summed E-state index contributed by atoms with van der Waals surface area (Å²) >= 11 is 0. The number of likely N-dealkylation sites (N-methyl/N-ethyl adjacent to an activating group) is 1. The van der Waals surface area contributed by atoms with Gasteiger partial charge in [0.25, 0.3) is 5.91 Å². The second-order valence-electron chi connectivity index (χ2n) is 9.39. The lowest BCUT2D eigenvalue weighted by molar-refractivity contribution is -0.129. The number of ether oxygens (including phenoxy) is 1. The van der Waals surface area contributed by atoms with Gasteiger partial charge in [-0.25, -0.2) is 0 Å². The Labute approximate surface area is 190 Å². The van der Waals surface area contributed by atoms with Crippen molar-refractivity contribution >= 4 is 11.7 Å². The number of carbonyl (C=O) groups is 2. The van der Waals surface area contributed by atoms with Crippen molar-refractivity contribution in [3.63, 3.8) is 0 Å². The maximum Gasteiger partial charge on any atom is 0.290 e. The van der Waals surface area contributed by atoms with Crippen LogP contribution in [0.2, 0.25) is 0 Å². The Kier molecular flexibility index (Phi) is 7.04. The van der Waals surface area contributed by atoms with Crippen LogP contribution in [-0.2, 0) is 16.2 Å². The first-order valence-electron chi connectivity index (χ1n) is 10.8. The molecule has 0 fully saturated rings. The minimum atomic E-state index is -0.724. The monoisotopic (exact) mass is 436 g/mol. The molecule has 170 valence electrons. The van der Waals surface area contributed by atoms with Crippen LogP contribution in [0.25, 0.3) is 0 Å². The molecule has 1 unspecified atom stereocenters. The van der Waals surface area contributed by atoms with E-state index < -0.39 is 23.1 Å². The summed E-state index contributed by atoms with van der Waals surface area (Å²) in [4.78, 5) is 29.6. The van der Waals surface area contributed by atoms with E-state index in [9.17, 15) is 14.7 Å². The summed E-state index contributed by atoms with van der Waals surface area (Å²) in [6.45, 7) is 6.84. The second-order valence-corrected chi connectivity index (χ2v) is 9.39. The van der Waals surface area contributed by atoms with Gasteiger partial charge in [-0.05, 0) is 37.4 Å². The highest BCUT2D eigenvalue weighted by molar-refractivity contribution is 6.10. The Morgan fingerprint density at radius 3 is 2.25 bits per heavy atom. The van der Waals surface area contributed by atoms with Crippen molar-refractivity contribution in [3.8, 4) is 5.75 Å². The first kappa shape index (κ1) is 23.5. The third-order valence-corrected chi connectivity index (χ3v) is 5.46. The van der Waals surface area contributed by atoms with Crippen LogP contribution in [0.1, 0.15) is 37.9 Å². The molecule has 6 heteroatoms. The van der Waals surface area contributed by atoms with E-state index in [1.54, 1.807) is 25.7 Å². The number of aliphatic hydroxyl groups excluding tert-OH is 1. The SMILES string of the molecule is CN(C)CCN1C(=O)C(O)=C(C(=O)C(C)(C)C)C1c1ccc(OCc2ccccc2)cc1. The van der Waals surface area contributed by atoms with Crippen molar-refractivity contribution in [3.05, 3.63) is 77.1 Å². The molecule has 1 aliphatic heterocycles. The number of aliphatic hydroxyl groups is 1. The summed E-state index contributed by atoms with van der Waals surface area (Å²) in [7, 11) is 3.84. The zero-order valence-electron chi connectivity index (χ0n) is 19.5. The fraction of sp³-hybridized carbons (Fsp3) is 0.385. The van der Waals surface area contributed by atoms with Gasteiger partial charge in [0.15, 0.2) is 11.5 Å². The molecule has 0 spiro atoms. The largest absolute Gasteiger partial charge is 0.503 e. The molecular formula is C26H32N2O4. The summed E-state index contributed by atoms with van der Waals surface area (Å²) < 4.78 is 5.87. The fourth-order valence-electron chi connectivity index (χ4n) is 3.66. The number of rotatable bonds is 8. The predicted octanol–water partition coefficient (Wildman–Crippen LogP) is 4.14. The van der Waals surface area contributed by atoms with Crippen molar-refractivity contribution in [2.75, 3.05) is 27.2 Å². The molecule has 0 saturated carbocycles. The van der Waals surface area contributed by atoms with Crippen molar-refractivity contribution in [1.82, 2.24) is 9.80 Å². The normalized spacial score (nSPS) is 16.8. The standard InChI is InChI=1S/C26H32N2O4/c1-26(2,3)24(30)21-22(28(16-15-27(4)5)25(31)23(21)29)19-11-13-20(14-12-19)32-17-18-9-7-6-8-10-18/h6-14,22,29H,15-17H2,1-5H3. The van der Waals surface area contributed by atoms with Crippen molar-refractivity contribution in [2.24, 2.45) is 5.41 Å². The molecule has 0 aromatic heterocycles. The number of benzene rings is 2. The van der Waals surface area contributed by atoms with Crippen LogP contribution in [0.15, 0.2) is 65.9 Å². The van der Waals surface area contributed by atoms with Crippen LogP contribution >= 0.6 is 0 Å². The lowest BCUT2D eigenvalue weighted by Crippen LogP contribution is -2.37. The molecule has 2 aromatic carbocycles. The Morgan fingerprint density at radius 2 is 1.69 bits per heavy atom. The summed E-state index contributed by atoms with van der Waals surface area (Å²) in [6.07, 6.45) is 0. The number of ketones is 1. The Balaban J connectivity index is 1.89. The molecule has 0 radical (unpaired) electrons. The molecule has 1 aliphatic rings. The van der Waals surface area contributed by atoms with Gasteiger partial charge in [-0.1, -0.05) is 63.2 Å².